The summed E-state index contributed by atoms with van der Waals surface area (Å²) in [5, 5.41) is 16.1. The van der Waals surface area contributed by atoms with Gasteiger partial charge in [-0.3, -0.25) is 20.0 Å². The molecule has 0 aromatic heterocycles. The highest BCUT2D eigenvalue weighted by atomic mass is 17.1. The number of carbonyl (C=O) groups is 2. The maximum absolute atomic E-state index is 11.6. The molecule has 104 valence electrons. The number of ether oxygens (including phenoxy) is 1. The van der Waals surface area contributed by atoms with Crippen molar-refractivity contribution in [3.8, 4) is 0 Å². The van der Waals surface area contributed by atoms with Crippen LogP contribution in [-0.4, -0.2) is 58.9 Å². The molecule has 18 heavy (non-hydrogen) atoms. The zero-order valence-corrected chi connectivity index (χ0v) is 10.0. The summed E-state index contributed by atoms with van der Waals surface area (Å²) >= 11 is 0. The van der Waals surface area contributed by atoms with Crippen LogP contribution in [-0.2, 0) is 19.2 Å². The molecule has 1 unspecified atom stereocenters. The van der Waals surface area contributed by atoms with Gasteiger partial charge in [-0.2, -0.15) is 0 Å². The topological polar surface area (TPSA) is 99.5 Å². The van der Waals surface area contributed by atoms with Gasteiger partial charge in [-0.15, -0.1) is 0 Å². The summed E-state index contributed by atoms with van der Waals surface area (Å²) in [7, 11) is 0. The Morgan fingerprint density at radius 2 is 2.11 bits per heavy atom. The van der Waals surface area contributed by atoms with Crippen molar-refractivity contribution in [1.82, 2.24) is 10.3 Å². The van der Waals surface area contributed by atoms with Crippen LogP contribution < -0.4 is 0 Å². The fourth-order valence-corrected chi connectivity index (χ4v) is 1.79. The maximum Gasteiger partial charge on any atom is 0.328 e. The molecule has 0 aliphatic carbocycles. The summed E-state index contributed by atoms with van der Waals surface area (Å²) < 4.78 is 5.03. The Kier molecular flexibility index (Phi) is 6.58. The van der Waals surface area contributed by atoms with Crippen LogP contribution in [0.4, 0.5) is 0 Å². The molecule has 8 nitrogen and oxygen atoms in total. The molecule has 0 aromatic rings. The average Bonchev–Trinajstić information content (AvgIpc) is 2.81. The van der Waals surface area contributed by atoms with Crippen LogP contribution in [0.3, 0.4) is 0 Å². The minimum absolute atomic E-state index is 0.119. The third-order valence-electron chi connectivity index (χ3n) is 2.69. The second-order valence-corrected chi connectivity index (χ2v) is 3.96. The van der Waals surface area contributed by atoms with Gasteiger partial charge in [-0.1, -0.05) is 0 Å². The summed E-state index contributed by atoms with van der Waals surface area (Å²) in [6.07, 6.45) is 3.20. The van der Waals surface area contributed by atoms with Crippen LogP contribution in [0.5, 0.6) is 0 Å². The molecule has 0 aromatic carbocycles. The second-order valence-electron chi connectivity index (χ2n) is 3.96. The maximum atomic E-state index is 11.6. The van der Waals surface area contributed by atoms with E-state index in [4.69, 9.17) is 15.2 Å². The van der Waals surface area contributed by atoms with Gasteiger partial charge in [0.05, 0.1) is 18.6 Å². The van der Waals surface area contributed by atoms with Crippen molar-refractivity contribution in [2.45, 2.75) is 31.7 Å². The fraction of sp³-hybridized carbons (Fsp3) is 0.800. The van der Waals surface area contributed by atoms with E-state index in [0.29, 0.717) is 32.2 Å². The van der Waals surface area contributed by atoms with Gasteiger partial charge >= 0.3 is 5.97 Å². The summed E-state index contributed by atoms with van der Waals surface area (Å²) in [6.45, 7) is 0.941. The molecule has 0 radical (unpaired) electrons. The molecule has 1 aliphatic rings. The number of amides is 1. The molecule has 1 heterocycles. The molecular formula is C10H18N2O6. The van der Waals surface area contributed by atoms with Crippen LogP contribution in [0, 0.1) is 0 Å². The van der Waals surface area contributed by atoms with E-state index in [1.807, 2.05) is 0 Å². The second kappa shape index (κ2) is 7.98. The minimum atomic E-state index is -0.455. The Hall–Kier alpha value is -1.22. The molecule has 1 amide bonds. The Labute approximate surface area is 105 Å². The molecular weight excluding hydrogens is 244 g/mol. The van der Waals surface area contributed by atoms with Gasteiger partial charge < -0.3 is 9.64 Å². The normalized spacial score (nSPS) is 19.3. The van der Waals surface area contributed by atoms with Gasteiger partial charge in [0.15, 0.2) is 0 Å². The molecule has 1 rings (SSSR count). The van der Waals surface area contributed by atoms with E-state index in [2.05, 4.69) is 4.84 Å². The average molecular weight is 262 g/mol. The van der Waals surface area contributed by atoms with Crippen molar-refractivity contribution in [3.05, 3.63) is 0 Å². The molecule has 1 fully saturated rings. The van der Waals surface area contributed by atoms with Crippen LogP contribution in [0.1, 0.15) is 25.7 Å². The molecule has 0 spiro atoms. The van der Waals surface area contributed by atoms with Gasteiger partial charge in [0, 0.05) is 6.54 Å². The highest BCUT2D eigenvalue weighted by Gasteiger charge is 2.30. The van der Waals surface area contributed by atoms with Crippen molar-refractivity contribution in [2.24, 2.45) is 0 Å². The third kappa shape index (κ3) is 4.96. The first-order valence-electron chi connectivity index (χ1n) is 5.83. The lowest BCUT2D eigenvalue weighted by atomic mass is 10.2. The molecule has 8 heteroatoms. The predicted octanol–water partition coefficient (Wildman–Crippen LogP) is -0.0574. The Bertz CT molecular complexity index is 273. The number of unbranched alkanes of at least 4 members (excludes halogenated alkanes) is 1. The highest BCUT2D eigenvalue weighted by Crippen LogP contribution is 2.16. The Morgan fingerprint density at radius 1 is 1.39 bits per heavy atom. The van der Waals surface area contributed by atoms with Crippen LogP contribution in [0.25, 0.3) is 0 Å². The SMILES string of the molecule is O=CN1CCCC1C(=O)OCCCCON(O)O. The van der Waals surface area contributed by atoms with E-state index in [0.717, 1.165) is 6.42 Å². The summed E-state index contributed by atoms with van der Waals surface area (Å²) in [4.78, 5) is 28.0. The lowest BCUT2D eigenvalue weighted by Gasteiger charge is -2.18. The van der Waals surface area contributed by atoms with Gasteiger partial charge in [0.25, 0.3) is 0 Å². The van der Waals surface area contributed by atoms with Crippen LogP contribution in [0.2, 0.25) is 0 Å². The molecule has 2 N–H and O–H groups in total. The zero-order chi connectivity index (χ0) is 13.4. The van der Waals surface area contributed by atoms with Crippen LogP contribution in [0.15, 0.2) is 0 Å². The largest absolute Gasteiger partial charge is 0.464 e. The molecule has 1 atom stereocenters. The first-order chi connectivity index (χ1) is 8.65. The summed E-state index contributed by atoms with van der Waals surface area (Å²) in [6, 6.07) is -0.455. The fourth-order valence-electron chi connectivity index (χ4n) is 1.79. The van der Waals surface area contributed by atoms with E-state index >= 15 is 0 Å². The lowest BCUT2D eigenvalue weighted by Crippen LogP contribution is -2.36. The zero-order valence-electron chi connectivity index (χ0n) is 10.0. The summed E-state index contributed by atoms with van der Waals surface area (Å²) in [5.74, 6) is -0.383. The van der Waals surface area contributed by atoms with E-state index < -0.39 is 6.04 Å². The Balaban J connectivity index is 2.08. The van der Waals surface area contributed by atoms with Crippen molar-refractivity contribution < 1.29 is 29.6 Å². The lowest BCUT2D eigenvalue weighted by molar-refractivity contribution is -0.492. The van der Waals surface area contributed by atoms with Gasteiger partial charge in [-0.05, 0) is 25.7 Å². The van der Waals surface area contributed by atoms with Gasteiger partial charge in [0.2, 0.25) is 6.41 Å². The van der Waals surface area contributed by atoms with Crippen molar-refractivity contribution in [1.29, 1.82) is 0 Å². The van der Waals surface area contributed by atoms with E-state index in [1.165, 1.54) is 4.90 Å². The minimum Gasteiger partial charge on any atom is -0.464 e. The van der Waals surface area contributed by atoms with Crippen molar-refractivity contribution in [2.75, 3.05) is 19.8 Å². The van der Waals surface area contributed by atoms with Gasteiger partial charge in [0.1, 0.15) is 6.04 Å². The highest BCUT2D eigenvalue weighted by molar-refractivity contribution is 5.78. The third-order valence-corrected chi connectivity index (χ3v) is 2.69. The van der Waals surface area contributed by atoms with Gasteiger partial charge in [-0.25, -0.2) is 4.79 Å². The van der Waals surface area contributed by atoms with Crippen molar-refractivity contribution >= 4 is 12.4 Å². The molecule has 1 saturated heterocycles. The number of likely N-dealkylation sites (tertiary alicyclic amines) is 1. The smallest absolute Gasteiger partial charge is 0.328 e. The number of carbonyl (C=O) groups excluding carboxylic acids is 2. The monoisotopic (exact) mass is 262 g/mol. The number of hydrogen-bond acceptors (Lipinski definition) is 7. The first kappa shape index (κ1) is 14.8. The summed E-state index contributed by atoms with van der Waals surface area (Å²) in [5.41, 5.74) is 0. The van der Waals surface area contributed by atoms with Crippen LogP contribution >= 0.6 is 0 Å². The predicted molar refractivity (Wildman–Crippen MR) is 57.3 cm³/mol. The molecule has 1 aliphatic heterocycles. The quantitative estimate of drug-likeness (QED) is 0.273. The number of esters is 1. The van der Waals surface area contributed by atoms with E-state index in [-0.39, 0.29) is 24.6 Å². The Morgan fingerprint density at radius 3 is 2.78 bits per heavy atom. The first-order valence-corrected chi connectivity index (χ1v) is 5.83. The number of hydrogen-bond donors (Lipinski definition) is 2. The van der Waals surface area contributed by atoms with E-state index in [9.17, 15) is 9.59 Å². The standard InChI is InChI=1S/C10H18N2O6/c13-8-11-5-3-4-9(11)10(14)17-6-1-2-7-18-12(15)16/h8-9,15-16H,1-7H2. The van der Waals surface area contributed by atoms with Crippen molar-refractivity contribution in [3.63, 3.8) is 0 Å². The number of rotatable bonds is 8. The number of nitrogens with zero attached hydrogens (tertiary/aromatic N) is 2. The molecule has 0 saturated carbocycles. The molecule has 0 bridgehead atoms. The van der Waals surface area contributed by atoms with E-state index in [1.54, 1.807) is 0 Å².